The van der Waals surface area contributed by atoms with E-state index in [1.54, 1.807) is 13.0 Å². The molecule has 2 aromatic carbocycles. The van der Waals surface area contributed by atoms with Crippen molar-refractivity contribution in [2.45, 2.75) is 37.2 Å². The van der Waals surface area contributed by atoms with Crippen LogP contribution in [0.2, 0.25) is 10.0 Å². The topological polar surface area (TPSA) is 59.0 Å². The summed E-state index contributed by atoms with van der Waals surface area (Å²) in [5, 5.41) is 1.25. The van der Waals surface area contributed by atoms with Gasteiger partial charge in [-0.25, -0.2) is 12.8 Å². The number of hydrogen-bond donors (Lipinski definition) is 0. The number of halogens is 2. The highest BCUT2D eigenvalue weighted by atomic mass is 35.5. The molecular formula is C22H22Cl2N2O3S2. The molecule has 0 amide bonds. The molecule has 5 rings (SSSR count). The minimum Gasteiger partial charge on any atom is -0.363 e. The first-order chi connectivity index (χ1) is 14.6. The van der Waals surface area contributed by atoms with E-state index >= 15 is 0 Å². The zero-order valence-corrected chi connectivity index (χ0v) is 20.3. The van der Waals surface area contributed by atoms with E-state index in [-0.39, 0.29) is 10.5 Å². The summed E-state index contributed by atoms with van der Waals surface area (Å²) in [6.07, 6.45) is 0.766. The lowest BCUT2D eigenvalue weighted by Gasteiger charge is -2.46. The summed E-state index contributed by atoms with van der Waals surface area (Å²) in [7, 11) is -3.18. The molecule has 1 spiro atoms. The van der Waals surface area contributed by atoms with Gasteiger partial charge in [0.15, 0.2) is 0 Å². The monoisotopic (exact) mass is 496 g/mol. The van der Waals surface area contributed by atoms with Crippen LogP contribution in [0.15, 0.2) is 40.8 Å². The Labute approximate surface area is 197 Å². The summed E-state index contributed by atoms with van der Waals surface area (Å²) >= 11 is 14.0. The summed E-state index contributed by atoms with van der Waals surface area (Å²) in [6, 6.07) is 11.9. The summed E-state index contributed by atoms with van der Waals surface area (Å²) in [4.78, 5) is 0. The standard InChI is InChI=1S/C22H22Cl2N2O3S2/c1-3-31(27,28)26-12-22(13-26)19-5-4-14(6-15(19)11-29-22)20-10-21(2,30-25-20)16-7-17(23)9-18(24)8-16/h4-9H,3,10-13H2,1-2H3. The number of nitrogens with zero attached hydrogens (tertiary/aromatic N) is 2. The Hall–Kier alpha value is -1.09. The second-order valence-electron chi connectivity index (χ2n) is 8.52. The van der Waals surface area contributed by atoms with E-state index in [0.29, 0.717) is 29.7 Å². The molecule has 1 atom stereocenters. The average Bonchev–Trinajstić information content (AvgIpc) is 3.28. The zero-order chi connectivity index (χ0) is 22.0. The fourth-order valence-electron chi connectivity index (χ4n) is 4.50. The zero-order valence-electron chi connectivity index (χ0n) is 17.2. The third-order valence-electron chi connectivity index (χ3n) is 6.39. The van der Waals surface area contributed by atoms with E-state index in [2.05, 4.69) is 25.1 Å². The molecule has 1 unspecified atom stereocenters. The second kappa shape index (κ2) is 7.47. The molecule has 3 heterocycles. The number of sulfonamides is 1. The Bertz CT molecular complexity index is 1190. The highest BCUT2D eigenvalue weighted by Crippen LogP contribution is 2.49. The Morgan fingerprint density at radius 2 is 1.87 bits per heavy atom. The van der Waals surface area contributed by atoms with E-state index in [1.807, 2.05) is 12.1 Å². The maximum Gasteiger partial charge on any atom is 0.214 e. The Morgan fingerprint density at radius 1 is 1.16 bits per heavy atom. The van der Waals surface area contributed by atoms with Gasteiger partial charge in [0.1, 0.15) is 5.60 Å². The molecule has 0 radical (unpaired) electrons. The van der Waals surface area contributed by atoms with Crippen LogP contribution in [0.1, 0.15) is 42.5 Å². The summed E-state index contributed by atoms with van der Waals surface area (Å²) in [6.45, 7) is 5.09. The first-order valence-electron chi connectivity index (χ1n) is 10.1. The number of ether oxygens (including phenoxy) is 1. The third kappa shape index (κ3) is 3.63. The molecule has 5 nitrogen and oxygen atoms in total. The molecule has 0 bridgehead atoms. The van der Waals surface area contributed by atoms with Gasteiger partial charge in [-0.15, -0.1) is 0 Å². The van der Waals surface area contributed by atoms with Crippen molar-refractivity contribution >= 4 is 50.9 Å². The molecule has 1 saturated heterocycles. The van der Waals surface area contributed by atoms with Crippen LogP contribution in [-0.2, 0) is 31.7 Å². The van der Waals surface area contributed by atoms with Gasteiger partial charge in [0, 0.05) is 29.6 Å². The molecule has 9 heteroatoms. The quantitative estimate of drug-likeness (QED) is 0.549. The third-order valence-corrected chi connectivity index (χ3v) is 9.70. The van der Waals surface area contributed by atoms with Crippen LogP contribution in [0.25, 0.3) is 0 Å². The first-order valence-corrected chi connectivity index (χ1v) is 13.3. The van der Waals surface area contributed by atoms with Crippen molar-refractivity contribution in [2.24, 2.45) is 4.40 Å². The molecular weight excluding hydrogens is 475 g/mol. The molecule has 0 N–H and O–H groups in total. The smallest absolute Gasteiger partial charge is 0.214 e. The SMILES string of the molecule is CCS(=O)(=O)N1CC2(C1)OCc1cc(C3=NSC(C)(c4cc(Cl)cc(Cl)c4)C3)ccc12. The fourth-order valence-corrected chi connectivity index (χ4v) is 7.11. The maximum absolute atomic E-state index is 12.1. The minimum atomic E-state index is -3.18. The van der Waals surface area contributed by atoms with Gasteiger partial charge < -0.3 is 4.74 Å². The van der Waals surface area contributed by atoms with Gasteiger partial charge in [-0.2, -0.15) is 4.31 Å². The van der Waals surface area contributed by atoms with Crippen molar-refractivity contribution in [3.8, 4) is 0 Å². The lowest BCUT2D eigenvalue weighted by Crippen LogP contribution is -2.61. The van der Waals surface area contributed by atoms with Gasteiger partial charge >= 0.3 is 0 Å². The molecule has 31 heavy (non-hydrogen) atoms. The van der Waals surface area contributed by atoms with Gasteiger partial charge in [-0.05, 0) is 72.3 Å². The Morgan fingerprint density at radius 3 is 2.55 bits per heavy atom. The van der Waals surface area contributed by atoms with Crippen LogP contribution >= 0.6 is 35.1 Å². The van der Waals surface area contributed by atoms with Crippen molar-refractivity contribution in [3.05, 3.63) is 68.7 Å². The predicted molar refractivity (Wildman–Crippen MR) is 127 cm³/mol. The highest BCUT2D eigenvalue weighted by molar-refractivity contribution is 7.99. The van der Waals surface area contributed by atoms with Gasteiger partial charge in [-0.1, -0.05) is 35.3 Å². The van der Waals surface area contributed by atoms with Crippen molar-refractivity contribution in [1.29, 1.82) is 0 Å². The largest absolute Gasteiger partial charge is 0.363 e. The average molecular weight is 497 g/mol. The van der Waals surface area contributed by atoms with Crippen molar-refractivity contribution in [3.63, 3.8) is 0 Å². The summed E-state index contributed by atoms with van der Waals surface area (Å²) in [5.41, 5.74) is 4.85. The Kier molecular flexibility index (Phi) is 5.24. The van der Waals surface area contributed by atoms with Crippen molar-refractivity contribution < 1.29 is 13.2 Å². The van der Waals surface area contributed by atoms with Crippen LogP contribution in [0.5, 0.6) is 0 Å². The molecule has 2 aromatic rings. The van der Waals surface area contributed by atoms with Gasteiger partial charge in [-0.3, -0.25) is 0 Å². The van der Waals surface area contributed by atoms with Crippen LogP contribution in [0, 0.1) is 0 Å². The highest BCUT2D eigenvalue weighted by Gasteiger charge is 2.53. The van der Waals surface area contributed by atoms with E-state index in [0.717, 1.165) is 34.4 Å². The number of hydrogen-bond acceptors (Lipinski definition) is 5. The van der Waals surface area contributed by atoms with E-state index in [4.69, 9.17) is 32.3 Å². The lowest BCUT2D eigenvalue weighted by atomic mass is 9.85. The molecule has 3 aliphatic heterocycles. The molecule has 3 aliphatic rings. The molecule has 164 valence electrons. The van der Waals surface area contributed by atoms with Crippen LogP contribution < -0.4 is 0 Å². The minimum absolute atomic E-state index is 0.114. The van der Waals surface area contributed by atoms with Crippen molar-refractivity contribution in [1.82, 2.24) is 4.31 Å². The van der Waals surface area contributed by atoms with Gasteiger partial charge in [0.05, 0.1) is 22.8 Å². The Balaban J connectivity index is 1.36. The molecule has 0 aliphatic carbocycles. The van der Waals surface area contributed by atoms with Crippen LogP contribution in [0.3, 0.4) is 0 Å². The van der Waals surface area contributed by atoms with Gasteiger partial charge in [0.2, 0.25) is 10.0 Å². The van der Waals surface area contributed by atoms with Crippen molar-refractivity contribution in [2.75, 3.05) is 18.8 Å². The van der Waals surface area contributed by atoms with Gasteiger partial charge in [0.25, 0.3) is 0 Å². The number of fused-ring (bicyclic) bond motifs is 2. The van der Waals surface area contributed by atoms with E-state index in [9.17, 15) is 8.42 Å². The second-order valence-corrected chi connectivity index (χ2v) is 12.9. The first kappa shape index (κ1) is 21.7. The maximum atomic E-state index is 12.1. The summed E-state index contributed by atoms with van der Waals surface area (Å²) < 4.78 is 36.4. The lowest BCUT2D eigenvalue weighted by molar-refractivity contribution is -0.112. The molecule has 0 aromatic heterocycles. The number of benzene rings is 2. The fraction of sp³-hybridized carbons (Fsp3) is 0.409. The van der Waals surface area contributed by atoms with E-state index < -0.39 is 15.6 Å². The predicted octanol–water partition coefficient (Wildman–Crippen LogP) is 5.14. The summed E-state index contributed by atoms with van der Waals surface area (Å²) in [5.74, 6) is 0.114. The number of rotatable bonds is 4. The normalized spacial score (nSPS) is 24.8. The molecule has 1 fully saturated rings. The molecule has 0 saturated carbocycles. The van der Waals surface area contributed by atoms with Crippen LogP contribution in [-0.4, -0.2) is 37.3 Å². The van der Waals surface area contributed by atoms with E-state index in [1.165, 1.54) is 16.3 Å². The van der Waals surface area contributed by atoms with Crippen LogP contribution in [0.4, 0.5) is 0 Å².